The molecule has 7 nitrogen and oxygen atoms in total. The monoisotopic (exact) mass is 367 g/mol. The van der Waals surface area contributed by atoms with Gasteiger partial charge in [-0.15, -0.1) is 0 Å². The second kappa shape index (κ2) is 6.57. The molecule has 2 heterocycles. The van der Waals surface area contributed by atoms with Crippen LogP contribution in [0.4, 0.5) is 4.79 Å². The largest absolute Gasteiger partial charge is 0.466 e. The van der Waals surface area contributed by atoms with Gasteiger partial charge in [-0.2, -0.15) is 0 Å². The molecule has 140 valence electrons. The van der Waals surface area contributed by atoms with Gasteiger partial charge < -0.3 is 14.6 Å². The first kappa shape index (κ1) is 17.3. The fraction of sp³-hybridized carbons (Fsp3) is 0.350. The van der Waals surface area contributed by atoms with Crippen LogP contribution in [0, 0.1) is 0 Å². The number of amides is 4. The van der Waals surface area contributed by atoms with Crippen molar-refractivity contribution in [2.45, 2.75) is 37.9 Å². The maximum Gasteiger partial charge on any atom is 0.325 e. The van der Waals surface area contributed by atoms with Crippen LogP contribution in [0.15, 0.2) is 53.1 Å². The van der Waals surface area contributed by atoms with E-state index in [2.05, 4.69) is 5.32 Å². The third-order valence-corrected chi connectivity index (χ3v) is 5.09. The second-order valence-electron chi connectivity index (χ2n) is 7.16. The van der Waals surface area contributed by atoms with E-state index in [0.717, 1.165) is 23.3 Å². The van der Waals surface area contributed by atoms with Crippen LogP contribution in [0.2, 0.25) is 0 Å². The van der Waals surface area contributed by atoms with E-state index in [1.54, 1.807) is 24.0 Å². The van der Waals surface area contributed by atoms with Gasteiger partial charge in [0.2, 0.25) is 5.91 Å². The summed E-state index contributed by atoms with van der Waals surface area (Å²) in [4.78, 5) is 40.9. The molecule has 0 bridgehead atoms. The molecule has 0 spiro atoms. The molecule has 7 heteroatoms. The van der Waals surface area contributed by atoms with Gasteiger partial charge in [-0.1, -0.05) is 30.3 Å². The van der Waals surface area contributed by atoms with Crippen LogP contribution in [0.25, 0.3) is 0 Å². The number of urea groups is 1. The maximum absolute atomic E-state index is 12.9. The standard InChI is InChI=1S/C20H21N3O4/c1-20(16-8-5-11-27-16)18(25)23(19(26)21-20)13-17(24)22(15-9-10-15)12-14-6-3-2-4-7-14/h2-8,11,15H,9-10,12-13H2,1H3,(H,21,26). The van der Waals surface area contributed by atoms with Gasteiger partial charge in [0.15, 0.2) is 5.54 Å². The molecule has 1 aromatic heterocycles. The highest BCUT2D eigenvalue weighted by molar-refractivity contribution is 6.08. The number of rotatable bonds is 6. The minimum Gasteiger partial charge on any atom is -0.466 e. The van der Waals surface area contributed by atoms with Gasteiger partial charge in [0.1, 0.15) is 12.3 Å². The average molecular weight is 367 g/mol. The van der Waals surface area contributed by atoms with Gasteiger partial charge in [0, 0.05) is 12.6 Å². The quantitative estimate of drug-likeness (QED) is 0.794. The molecule has 1 aliphatic heterocycles. The number of furan rings is 1. The van der Waals surface area contributed by atoms with Gasteiger partial charge in [-0.3, -0.25) is 14.5 Å². The number of nitrogens with one attached hydrogen (secondary N) is 1. The van der Waals surface area contributed by atoms with Crippen molar-refractivity contribution in [3.05, 3.63) is 60.1 Å². The average Bonchev–Trinajstić information content (AvgIpc) is 3.29. The molecule has 1 atom stereocenters. The van der Waals surface area contributed by atoms with Crippen LogP contribution in [-0.4, -0.2) is 40.2 Å². The fourth-order valence-electron chi connectivity index (χ4n) is 3.38. The van der Waals surface area contributed by atoms with Crippen LogP contribution in [0.1, 0.15) is 31.1 Å². The number of nitrogens with zero attached hydrogens (tertiary/aromatic N) is 2. The fourth-order valence-corrected chi connectivity index (χ4v) is 3.38. The lowest BCUT2D eigenvalue weighted by molar-refractivity contribution is -0.139. The molecule has 1 aliphatic carbocycles. The summed E-state index contributed by atoms with van der Waals surface area (Å²) in [6.45, 7) is 1.78. The molecule has 2 fully saturated rings. The Morgan fingerprint density at radius 2 is 1.96 bits per heavy atom. The summed E-state index contributed by atoms with van der Waals surface area (Å²) in [6, 6.07) is 12.6. The molecule has 1 aromatic carbocycles. The van der Waals surface area contributed by atoms with E-state index in [4.69, 9.17) is 4.42 Å². The first-order valence-electron chi connectivity index (χ1n) is 9.00. The summed E-state index contributed by atoms with van der Waals surface area (Å²) in [5.41, 5.74) is -0.264. The van der Waals surface area contributed by atoms with Crippen LogP contribution >= 0.6 is 0 Å². The number of benzene rings is 1. The second-order valence-corrected chi connectivity index (χ2v) is 7.16. The number of carbonyl (C=O) groups excluding carboxylic acids is 3. The summed E-state index contributed by atoms with van der Waals surface area (Å²) in [5, 5.41) is 2.64. The zero-order valence-electron chi connectivity index (χ0n) is 15.1. The normalized spacial score (nSPS) is 22.0. The molecule has 4 amide bonds. The highest BCUT2D eigenvalue weighted by Gasteiger charge is 2.52. The molecule has 1 unspecified atom stereocenters. The van der Waals surface area contributed by atoms with Crippen molar-refractivity contribution in [3.63, 3.8) is 0 Å². The first-order chi connectivity index (χ1) is 13.0. The van der Waals surface area contributed by atoms with Crippen molar-refractivity contribution in [1.82, 2.24) is 15.1 Å². The van der Waals surface area contributed by atoms with Crippen molar-refractivity contribution in [2.75, 3.05) is 6.54 Å². The van der Waals surface area contributed by atoms with E-state index in [-0.39, 0.29) is 18.5 Å². The lowest BCUT2D eigenvalue weighted by Crippen LogP contribution is -2.45. The number of carbonyl (C=O) groups is 3. The SMILES string of the molecule is CC1(c2ccco2)NC(=O)N(CC(=O)N(Cc2ccccc2)C2CC2)C1=O. The molecular weight excluding hydrogens is 346 g/mol. The Morgan fingerprint density at radius 1 is 1.22 bits per heavy atom. The third-order valence-electron chi connectivity index (χ3n) is 5.09. The summed E-state index contributed by atoms with van der Waals surface area (Å²) in [5.74, 6) is -0.362. The molecule has 2 aromatic rings. The van der Waals surface area contributed by atoms with Crippen molar-refractivity contribution in [2.24, 2.45) is 0 Å². The molecule has 1 saturated carbocycles. The molecule has 1 saturated heterocycles. The van der Waals surface area contributed by atoms with E-state index >= 15 is 0 Å². The third kappa shape index (κ3) is 3.20. The van der Waals surface area contributed by atoms with E-state index in [1.165, 1.54) is 6.26 Å². The predicted octanol–water partition coefficient (Wildman–Crippen LogP) is 2.24. The molecule has 2 aliphatic rings. The summed E-state index contributed by atoms with van der Waals surface area (Å²) >= 11 is 0. The van der Waals surface area contributed by atoms with Gasteiger partial charge in [-0.05, 0) is 37.5 Å². The number of hydrogen-bond acceptors (Lipinski definition) is 4. The first-order valence-corrected chi connectivity index (χ1v) is 9.00. The van der Waals surface area contributed by atoms with Crippen LogP contribution in [0.3, 0.4) is 0 Å². The topological polar surface area (TPSA) is 82.9 Å². The van der Waals surface area contributed by atoms with Gasteiger partial charge in [0.05, 0.1) is 6.26 Å². The number of imide groups is 1. The lowest BCUT2D eigenvalue weighted by atomic mass is 9.99. The Kier molecular flexibility index (Phi) is 4.22. The highest BCUT2D eigenvalue weighted by Crippen LogP contribution is 2.31. The molecule has 27 heavy (non-hydrogen) atoms. The molecular formula is C20H21N3O4. The van der Waals surface area contributed by atoms with Crippen LogP contribution in [-0.2, 0) is 21.7 Å². The summed E-state index contributed by atoms with van der Waals surface area (Å²) in [7, 11) is 0. The van der Waals surface area contributed by atoms with Crippen molar-refractivity contribution < 1.29 is 18.8 Å². The molecule has 0 radical (unpaired) electrons. The predicted molar refractivity (Wildman–Crippen MR) is 96.3 cm³/mol. The maximum atomic E-state index is 12.9. The van der Waals surface area contributed by atoms with Gasteiger partial charge >= 0.3 is 6.03 Å². The van der Waals surface area contributed by atoms with Crippen molar-refractivity contribution in [3.8, 4) is 0 Å². The minimum atomic E-state index is -1.29. The van der Waals surface area contributed by atoms with Gasteiger partial charge in [-0.25, -0.2) is 4.79 Å². The van der Waals surface area contributed by atoms with E-state index in [1.807, 2.05) is 30.3 Å². The smallest absolute Gasteiger partial charge is 0.325 e. The van der Waals surface area contributed by atoms with Crippen molar-refractivity contribution >= 4 is 17.8 Å². The zero-order valence-corrected chi connectivity index (χ0v) is 15.1. The summed E-state index contributed by atoms with van der Waals surface area (Å²) in [6.07, 6.45) is 3.34. The minimum absolute atomic E-state index is 0.176. The van der Waals surface area contributed by atoms with Crippen LogP contribution in [0.5, 0.6) is 0 Å². The Bertz CT molecular complexity index is 861. The van der Waals surface area contributed by atoms with Crippen molar-refractivity contribution in [1.29, 1.82) is 0 Å². The lowest BCUT2D eigenvalue weighted by Gasteiger charge is -2.25. The summed E-state index contributed by atoms with van der Waals surface area (Å²) < 4.78 is 5.31. The van der Waals surface area contributed by atoms with E-state index < -0.39 is 17.5 Å². The molecule has 4 rings (SSSR count). The Morgan fingerprint density at radius 3 is 2.59 bits per heavy atom. The Hall–Kier alpha value is -3.09. The Labute approximate surface area is 156 Å². The zero-order chi connectivity index (χ0) is 19.0. The number of hydrogen-bond donors (Lipinski definition) is 1. The van der Waals surface area contributed by atoms with Crippen LogP contribution < -0.4 is 5.32 Å². The highest BCUT2D eigenvalue weighted by atomic mass is 16.3. The van der Waals surface area contributed by atoms with Gasteiger partial charge in [0.25, 0.3) is 5.91 Å². The molecule has 1 N–H and O–H groups in total. The Balaban J connectivity index is 1.49. The van der Waals surface area contributed by atoms with E-state index in [9.17, 15) is 14.4 Å². The van der Waals surface area contributed by atoms with E-state index in [0.29, 0.717) is 12.3 Å².